The molecule has 1 aliphatic heterocycles. The van der Waals surface area contributed by atoms with E-state index in [-0.39, 0.29) is 41.1 Å². The van der Waals surface area contributed by atoms with Gasteiger partial charge in [0.15, 0.2) is 10.9 Å². The van der Waals surface area contributed by atoms with Crippen LogP contribution in [0.3, 0.4) is 0 Å². The maximum atomic E-state index is 14.7. The van der Waals surface area contributed by atoms with Gasteiger partial charge >= 0.3 is 0 Å². The van der Waals surface area contributed by atoms with Gasteiger partial charge in [-0.05, 0) is 30.7 Å². The van der Waals surface area contributed by atoms with Crippen molar-refractivity contribution >= 4 is 33.5 Å². The average molecular weight is 562 g/mol. The molecular weight excluding hydrogens is 533 g/mol. The summed E-state index contributed by atoms with van der Waals surface area (Å²) in [6.07, 6.45) is 1.02. The second-order valence-corrected chi connectivity index (χ2v) is 11.4. The number of sulfonamides is 1. The number of aromatic nitrogens is 3. The topological polar surface area (TPSA) is 123 Å². The Morgan fingerprint density at radius 2 is 1.79 bits per heavy atom. The van der Waals surface area contributed by atoms with Crippen LogP contribution >= 0.6 is 11.8 Å². The molecule has 0 spiro atoms. The Labute approximate surface area is 224 Å². The fourth-order valence-electron chi connectivity index (χ4n) is 3.90. The lowest BCUT2D eigenvalue weighted by Gasteiger charge is -2.26. The first kappa shape index (κ1) is 27.9. The zero-order chi connectivity index (χ0) is 27.1. The fourth-order valence-corrected chi connectivity index (χ4v) is 6.17. The first-order valence-electron chi connectivity index (χ1n) is 12.0. The molecule has 1 amide bonds. The molecule has 0 aliphatic carbocycles. The lowest BCUT2D eigenvalue weighted by Crippen LogP contribution is -2.40. The zero-order valence-electron chi connectivity index (χ0n) is 20.8. The van der Waals surface area contributed by atoms with Crippen LogP contribution in [0.25, 0.3) is 5.69 Å². The summed E-state index contributed by atoms with van der Waals surface area (Å²) < 4.78 is 48.5. The normalized spacial score (nSPS) is 14.4. The van der Waals surface area contributed by atoms with Gasteiger partial charge < -0.3 is 10.1 Å². The van der Waals surface area contributed by atoms with Gasteiger partial charge in [-0.1, -0.05) is 36.0 Å². The van der Waals surface area contributed by atoms with Crippen molar-refractivity contribution in [2.24, 2.45) is 0 Å². The van der Waals surface area contributed by atoms with E-state index in [0.717, 1.165) is 11.8 Å². The predicted molar refractivity (Wildman–Crippen MR) is 139 cm³/mol. The minimum atomic E-state index is -3.66. The molecule has 1 fully saturated rings. The van der Waals surface area contributed by atoms with Gasteiger partial charge in [0.1, 0.15) is 11.6 Å². The number of ether oxygens (including phenoxy) is 1. The summed E-state index contributed by atoms with van der Waals surface area (Å²) >= 11 is 1.11. The summed E-state index contributed by atoms with van der Waals surface area (Å²) in [6.45, 7) is 3.15. The zero-order valence-corrected chi connectivity index (χ0v) is 22.4. The second-order valence-electron chi connectivity index (χ2n) is 8.52. The fraction of sp³-hybridized carbons (Fsp3) is 0.360. The maximum absolute atomic E-state index is 14.7. The van der Waals surface area contributed by atoms with Crippen LogP contribution in [0.2, 0.25) is 0 Å². The number of Topliss-reactive ketones (excluding diaryl/α,β-unsaturated/α-hetero) is 1. The van der Waals surface area contributed by atoms with Crippen molar-refractivity contribution < 1.29 is 27.1 Å². The van der Waals surface area contributed by atoms with E-state index in [1.165, 1.54) is 41.6 Å². The molecule has 0 radical (unpaired) electrons. The molecule has 1 aliphatic rings. The van der Waals surface area contributed by atoms with Crippen molar-refractivity contribution in [3.63, 3.8) is 0 Å². The monoisotopic (exact) mass is 561 g/mol. The number of carbonyl (C=O) groups is 2. The van der Waals surface area contributed by atoms with E-state index in [0.29, 0.717) is 49.1 Å². The largest absolute Gasteiger partial charge is 0.379 e. The molecule has 202 valence electrons. The molecule has 0 bridgehead atoms. The third-order valence-corrected chi connectivity index (χ3v) is 8.70. The first-order chi connectivity index (χ1) is 18.3. The predicted octanol–water partition coefficient (Wildman–Crippen LogP) is 2.47. The number of hydrogen-bond donors (Lipinski definition) is 1. The van der Waals surface area contributed by atoms with Gasteiger partial charge in [-0.2, -0.15) is 4.31 Å². The van der Waals surface area contributed by atoms with Crippen LogP contribution in [0, 0.1) is 5.82 Å². The van der Waals surface area contributed by atoms with E-state index in [1.54, 1.807) is 22.8 Å². The molecule has 3 aromatic rings. The number of rotatable bonds is 11. The highest BCUT2D eigenvalue weighted by Crippen LogP contribution is 2.26. The minimum Gasteiger partial charge on any atom is -0.379 e. The Kier molecular flexibility index (Phi) is 9.26. The molecular formula is C25H28FN5O5S2. The number of hydrogen-bond acceptors (Lipinski definition) is 8. The number of amides is 1. The van der Waals surface area contributed by atoms with Gasteiger partial charge in [0.05, 0.1) is 29.5 Å². The Balaban J connectivity index is 1.47. The Bertz CT molecular complexity index is 1390. The highest BCUT2D eigenvalue weighted by atomic mass is 32.2. The lowest BCUT2D eigenvalue weighted by molar-refractivity contribution is -0.118. The summed E-state index contributed by atoms with van der Waals surface area (Å²) in [5.74, 6) is -0.329. The highest BCUT2D eigenvalue weighted by molar-refractivity contribution is 7.99. The molecule has 2 heterocycles. The number of aryl methyl sites for hydroxylation is 1. The number of nitrogens with zero attached hydrogens (tertiary/aromatic N) is 4. The SMILES string of the molecule is CC(=O)NCCCc1nnc(SCC(=O)c2ccc(S(=O)(=O)N3CCOCC3)cc2)n1-c1ccccc1F. The summed E-state index contributed by atoms with van der Waals surface area (Å²) in [4.78, 5) is 24.2. The Morgan fingerprint density at radius 1 is 1.08 bits per heavy atom. The number of para-hydroxylation sites is 1. The van der Waals surface area contributed by atoms with Gasteiger partial charge in [0.25, 0.3) is 0 Å². The molecule has 10 nitrogen and oxygen atoms in total. The third-order valence-electron chi connectivity index (χ3n) is 5.86. The molecule has 13 heteroatoms. The van der Waals surface area contributed by atoms with Crippen molar-refractivity contribution in [3.05, 3.63) is 65.7 Å². The molecule has 0 atom stereocenters. The van der Waals surface area contributed by atoms with Gasteiger partial charge in [0.2, 0.25) is 15.9 Å². The molecule has 1 aromatic heterocycles. The molecule has 0 saturated carbocycles. The van der Waals surface area contributed by atoms with E-state index in [2.05, 4.69) is 15.5 Å². The van der Waals surface area contributed by atoms with E-state index >= 15 is 0 Å². The first-order valence-corrected chi connectivity index (χ1v) is 14.5. The van der Waals surface area contributed by atoms with Crippen LogP contribution in [0.5, 0.6) is 0 Å². The van der Waals surface area contributed by atoms with Crippen molar-refractivity contribution in [3.8, 4) is 5.69 Å². The summed E-state index contributed by atoms with van der Waals surface area (Å²) in [5, 5.41) is 11.5. The van der Waals surface area contributed by atoms with Crippen LogP contribution in [0.15, 0.2) is 58.6 Å². The molecule has 1 saturated heterocycles. The molecule has 0 unspecified atom stereocenters. The highest BCUT2D eigenvalue weighted by Gasteiger charge is 2.26. The van der Waals surface area contributed by atoms with Crippen molar-refractivity contribution in [2.45, 2.75) is 29.8 Å². The van der Waals surface area contributed by atoms with Gasteiger partial charge in [-0.15, -0.1) is 10.2 Å². The van der Waals surface area contributed by atoms with Gasteiger partial charge in [-0.25, -0.2) is 12.8 Å². The third kappa shape index (κ3) is 6.65. The summed E-state index contributed by atoms with van der Waals surface area (Å²) in [7, 11) is -3.66. The van der Waals surface area contributed by atoms with Crippen LogP contribution < -0.4 is 5.32 Å². The van der Waals surface area contributed by atoms with E-state index in [1.807, 2.05) is 0 Å². The van der Waals surface area contributed by atoms with Crippen LogP contribution in [-0.4, -0.2) is 77.8 Å². The number of halogens is 1. The Morgan fingerprint density at radius 3 is 2.47 bits per heavy atom. The van der Waals surface area contributed by atoms with Crippen molar-refractivity contribution in [1.29, 1.82) is 0 Å². The molecule has 2 aromatic carbocycles. The number of carbonyl (C=O) groups excluding carboxylic acids is 2. The van der Waals surface area contributed by atoms with Crippen LogP contribution in [-0.2, 0) is 26.0 Å². The average Bonchev–Trinajstić information content (AvgIpc) is 3.32. The van der Waals surface area contributed by atoms with Crippen molar-refractivity contribution in [1.82, 2.24) is 24.4 Å². The van der Waals surface area contributed by atoms with Crippen LogP contribution in [0.1, 0.15) is 29.5 Å². The number of ketones is 1. The number of morpholine rings is 1. The maximum Gasteiger partial charge on any atom is 0.243 e. The van der Waals surface area contributed by atoms with Gasteiger partial charge in [-0.3, -0.25) is 14.2 Å². The standard InChI is InChI=1S/C25H28FN5O5S2/c1-18(32)27-12-4-7-24-28-29-25(31(24)22-6-3-2-5-21(22)26)37-17-23(33)19-8-10-20(11-9-19)38(34,35)30-13-15-36-16-14-30/h2-3,5-6,8-11H,4,7,12-17H2,1H3,(H,27,32). The minimum absolute atomic E-state index is 0.00591. The summed E-state index contributed by atoms with van der Waals surface area (Å²) in [6, 6.07) is 12.1. The lowest BCUT2D eigenvalue weighted by atomic mass is 10.1. The molecule has 1 N–H and O–H groups in total. The molecule has 38 heavy (non-hydrogen) atoms. The van der Waals surface area contributed by atoms with E-state index in [9.17, 15) is 22.4 Å². The quantitative estimate of drug-likeness (QED) is 0.215. The number of benzene rings is 2. The Hall–Kier alpha value is -3.13. The number of nitrogens with one attached hydrogen (secondary N) is 1. The van der Waals surface area contributed by atoms with Crippen molar-refractivity contribution in [2.75, 3.05) is 38.6 Å². The van der Waals surface area contributed by atoms with E-state index in [4.69, 9.17) is 4.74 Å². The molecule has 4 rings (SSSR count). The second kappa shape index (κ2) is 12.6. The van der Waals surface area contributed by atoms with Crippen LogP contribution in [0.4, 0.5) is 4.39 Å². The number of thioether (sulfide) groups is 1. The smallest absolute Gasteiger partial charge is 0.243 e. The summed E-state index contributed by atoms with van der Waals surface area (Å²) in [5.41, 5.74) is 0.616. The van der Waals surface area contributed by atoms with E-state index < -0.39 is 15.8 Å². The van der Waals surface area contributed by atoms with Gasteiger partial charge in [0, 0.05) is 38.5 Å².